The molecule has 0 bridgehead atoms. The number of hydrogen-bond donors (Lipinski definition) is 0. The number of fused-ring (bicyclic) bond motifs is 2. The number of hydrogen-bond acceptors (Lipinski definition) is 9. The number of rotatable bonds is 4. The Morgan fingerprint density at radius 1 is 0.721 bits per heavy atom. The minimum Gasteiger partial charge on any atom is -0.348 e. The molecule has 0 amide bonds. The fourth-order valence-electron chi connectivity index (χ4n) is 6.49. The highest BCUT2D eigenvalue weighted by Gasteiger charge is 2.49. The monoisotopic (exact) mass is 596 g/mol. The van der Waals surface area contributed by atoms with Crippen molar-refractivity contribution < 1.29 is 14.3 Å². The third-order valence-corrected chi connectivity index (χ3v) is 8.96. The average Bonchev–Trinajstić information content (AvgIpc) is 3.71. The summed E-state index contributed by atoms with van der Waals surface area (Å²) in [6.45, 7) is 2.01. The zero-order valence-corrected chi connectivity index (χ0v) is 24.8. The Morgan fingerprint density at radius 3 is 1.63 bits per heavy atom. The van der Waals surface area contributed by atoms with Crippen LogP contribution in [0, 0.1) is 11.8 Å². The van der Waals surface area contributed by atoms with Crippen LogP contribution in [-0.2, 0) is 55.5 Å². The maximum Gasteiger partial charge on any atom is 0.332 e. The van der Waals surface area contributed by atoms with Gasteiger partial charge in [-0.3, -0.25) is 32.7 Å². The van der Waals surface area contributed by atoms with Crippen molar-refractivity contribution in [3.63, 3.8) is 0 Å². The largest absolute Gasteiger partial charge is 0.348 e. The number of nitrogens with zero attached hydrogens (tertiary/aromatic N) is 8. The summed E-state index contributed by atoms with van der Waals surface area (Å²) >= 11 is 0. The van der Waals surface area contributed by atoms with E-state index in [-0.39, 0.29) is 40.1 Å². The molecule has 5 heterocycles. The van der Waals surface area contributed by atoms with Crippen LogP contribution < -0.4 is 22.5 Å². The molecule has 4 aromatic rings. The molecule has 4 aromatic heterocycles. The molecule has 7 rings (SSSR count). The standard InChI is InChI=1S/C14H18N4O4.C14H18N4O3/c1-16-8-15-11-10(16)12(19)18(13(20)17(11)2)7-9-5-14(6-9)21-3-4-22-14;1-16-8-15-12-11(16)13(20)18(14(21)17(12)2)7-9-3-5-10(19)6-4-9/h8-9H,3-7H2,1-2H3;8-9H,3-7H2,1-2H3. The van der Waals surface area contributed by atoms with E-state index >= 15 is 0 Å². The molecule has 0 aromatic carbocycles. The molecule has 15 heteroatoms. The van der Waals surface area contributed by atoms with Crippen LogP contribution in [0.3, 0.4) is 0 Å². The number of aryl methyl sites for hydroxylation is 4. The Kier molecular flexibility index (Phi) is 7.32. The van der Waals surface area contributed by atoms with Crippen molar-refractivity contribution in [1.82, 2.24) is 37.4 Å². The van der Waals surface area contributed by atoms with Gasteiger partial charge in [-0.1, -0.05) is 0 Å². The molecular weight excluding hydrogens is 560 g/mol. The van der Waals surface area contributed by atoms with Gasteiger partial charge in [0.05, 0.1) is 25.9 Å². The summed E-state index contributed by atoms with van der Waals surface area (Å²) < 4.78 is 19.9. The summed E-state index contributed by atoms with van der Waals surface area (Å²) in [7, 11) is 6.76. The van der Waals surface area contributed by atoms with E-state index in [0.717, 1.165) is 25.7 Å². The van der Waals surface area contributed by atoms with Gasteiger partial charge < -0.3 is 18.6 Å². The van der Waals surface area contributed by atoms with E-state index in [4.69, 9.17) is 9.47 Å². The Morgan fingerprint density at radius 2 is 1.16 bits per heavy atom. The van der Waals surface area contributed by atoms with Gasteiger partial charge in [0, 0.05) is 67.0 Å². The summed E-state index contributed by atoms with van der Waals surface area (Å²) in [5.41, 5.74) is 0.447. The van der Waals surface area contributed by atoms with Crippen molar-refractivity contribution in [3.8, 4) is 0 Å². The average molecular weight is 597 g/mol. The van der Waals surface area contributed by atoms with Gasteiger partial charge in [0.1, 0.15) is 5.78 Å². The number of ether oxygens (including phenoxy) is 2. The fourth-order valence-corrected chi connectivity index (χ4v) is 6.49. The lowest BCUT2D eigenvalue weighted by atomic mass is 9.79. The second-order valence-corrected chi connectivity index (χ2v) is 11.9. The fraction of sp³-hybridized carbons (Fsp3) is 0.607. The lowest BCUT2D eigenvalue weighted by Crippen LogP contribution is -2.49. The number of ketones is 1. The third kappa shape index (κ3) is 4.99. The Labute approximate surface area is 244 Å². The molecule has 3 fully saturated rings. The first kappa shape index (κ1) is 29.0. The van der Waals surface area contributed by atoms with Crippen LogP contribution in [0.2, 0.25) is 0 Å². The van der Waals surface area contributed by atoms with Crippen molar-refractivity contribution in [2.75, 3.05) is 13.2 Å². The maximum absolute atomic E-state index is 12.6. The molecule has 0 atom stereocenters. The van der Waals surface area contributed by atoms with Gasteiger partial charge in [-0.05, 0) is 24.7 Å². The highest BCUT2D eigenvalue weighted by molar-refractivity contribution is 5.79. The predicted molar refractivity (Wildman–Crippen MR) is 155 cm³/mol. The van der Waals surface area contributed by atoms with Crippen LogP contribution in [0.4, 0.5) is 0 Å². The van der Waals surface area contributed by atoms with Crippen LogP contribution >= 0.6 is 0 Å². The number of carbonyl (C=O) groups is 1. The van der Waals surface area contributed by atoms with Crippen LogP contribution in [-0.4, -0.2) is 62.2 Å². The Bertz CT molecular complexity index is 1950. The van der Waals surface area contributed by atoms with Gasteiger partial charge in [-0.25, -0.2) is 19.6 Å². The maximum atomic E-state index is 12.6. The SMILES string of the molecule is Cn1cnc2c1c(=O)n(CC1CC3(C1)OCCO3)c(=O)n2C.Cn1cnc2c1c(=O)n(CC1CCC(=O)CC1)c(=O)n2C. The number of carbonyl (C=O) groups excluding carboxylic acids is 1. The first-order chi connectivity index (χ1) is 20.5. The summed E-state index contributed by atoms with van der Waals surface area (Å²) in [4.78, 5) is 69.4. The second-order valence-electron chi connectivity index (χ2n) is 11.9. The quantitative estimate of drug-likeness (QED) is 0.310. The number of imidazole rings is 2. The van der Waals surface area contributed by atoms with E-state index in [9.17, 15) is 24.0 Å². The molecule has 2 aliphatic carbocycles. The smallest absolute Gasteiger partial charge is 0.332 e. The highest BCUT2D eigenvalue weighted by Crippen LogP contribution is 2.44. The van der Waals surface area contributed by atoms with Crippen molar-refractivity contribution in [2.45, 2.75) is 57.4 Å². The summed E-state index contributed by atoms with van der Waals surface area (Å²) in [5, 5.41) is 0. The van der Waals surface area contributed by atoms with Crippen molar-refractivity contribution >= 4 is 28.1 Å². The van der Waals surface area contributed by atoms with Crippen LogP contribution in [0.5, 0.6) is 0 Å². The third-order valence-electron chi connectivity index (χ3n) is 8.96. The van der Waals surface area contributed by atoms with Gasteiger partial charge in [-0.15, -0.1) is 0 Å². The number of Topliss-reactive ketones (excluding diaryl/α,β-unsaturated/α-hetero) is 1. The predicted octanol–water partition coefficient (Wildman–Crippen LogP) is -0.220. The minimum atomic E-state index is -0.462. The van der Waals surface area contributed by atoms with Gasteiger partial charge >= 0.3 is 11.4 Å². The molecule has 0 N–H and O–H groups in total. The molecule has 43 heavy (non-hydrogen) atoms. The highest BCUT2D eigenvalue weighted by atomic mass is 16.7. The van der Waals surface area contributed by atoms with Crippen molar-refractivity contribution in [2.24, 2.45) is 40.0 Å². The van der Waals surface area contributed by atoms with Gasteiger partial charge in [0.2, 0.25) is 0 Å². The summed E-state index contributed by atoms with van der Waals surface area (Å²) in [6, 6.07) is 0. The van der Waals surface area contributed by atoms with E-state index in [2.05, 4.69) is 9.97 Å². The van der Waals surface area contributed by atoms with E-state index in [1.165, 1.54) is 24.6 Å². The van der Waals surface area contributed by atoms with E-state index in [1.807, 2.05) is 0 Å². The topological polar surface area (TPSA) is 159 Å². The van der Waals surface area contributed by atoms with Crippen LogP contribution in [0.25, 0.3) is 22.3 Å². The van der Waals surface area contributed by atoms with Gasteiger partial charge in [-0.2, -0.15) is 0 Å². The molecule has 230 valence electrons. The molecule has 2 saturated carbocycles. The lowest BCUT2D eigenvalue weighted by molar-refractivity contribution is -0.232. The molecule has 0 unspecified atom stereocenters. The number of aromatic nitrogens is 8. The Hall–Kier alpha value is -4.11. The summed E-state index contributed by atoms with van der Waals surface area (Å²) in [6.07, 6.45) is 7.14. The first-order valence-corrected chi connectivity index (χ1v) is 14.5. The summed E-state index contributed by atoms with van der Waals surface area (Å²) in [5.74, 6) is 0.234. The van der Waals surface area contributed by atoms with E-state index in [1.54, 1.807) is 43.7 Å². The van der Waals surface area contributed by atoms with E-state index < -0.39 is 5.79 Å². The van der Waals surface area contributed by atoms with Crippen molar-refractivity contribution in [1.29, 1.82) is 0 Å². The van der Waals surface area contributed by atoms with Gasteiger partial charge in [0.15, 0.2) is 28.1 Å². The molecule has 15 nitrogen and oxygen atoms in total. The zero-order valence-electron chi connectivity index (χ0n) is 24.8. The van der Waals surface area contributed by atoms with Crippen LogP contribution in [0.15, 0.2) is 31.8 Å². The second kappa shape index (κ2) is 10.9. The lowest BCUT2D eigenvalue weighted by Gasteiger charge is -2.42. The molecule has 0 radical (unpaired) electrons. The minimum absolute atomic E-state index is 0.207. The zero-order chi connectivity index (χ0) is 30.6. The normalized spacial score (nSPS) is 18.8. The molecule has 1 aliphatic heterocycles. The molecule has 1 spiro atoms. The molecular formula is C28H36N8O7. The molecule has 1 saturated heterocycles. The van der Waals surface area contributed by atoms with Crippen LogP contribution in [0.1, 0.15) is 38.5 Å². The van der Waals surface area contributed by atoms with Gasteiger partial charge in [0.25, 0.3) is 11.1 Å². The first-order valence-electron chi connectivity index (χ1n) is 14.5. The van der Waals surface area contributed by atoms with Crippen molar-refractivity contribution in [3.05, 3.63) is 54.3 Å². The molecule has 3 aliphatic rings. The Balaban J connectivity index is 0.000000153. The van der Waals surface area contributed by atoms with E-state index in [0.29, 0.717) is 61.5 Å².